The van der Waals surface area contributed by atoms with Gasteiger partial charge in [0.2, 0.25) is 0 Å². The molecule has 7 heteroatoms. The van der Waals surface area contributed by atoms with Crippen molar-refractivity contribution in [3.8, 4) is 22.9 Å². The van der Waals surface area contributed by atoms with Crippen LogP contribution >= 0.6 is 0 Å². The molecule has 1 aliphatic heterocycles. The molecule has 1 fully saturated rings. The molecule has 7 nitrogen and oxygen atoms in total. The van der Waals surface area contributed by atoms with Crippen molar-refractivity contribution in [2.75, 3.05) is 26.8 Å². The minimum Gasteiger partial charge on any atom is -0.493 e. The molecule has 0 aliphatic carbocycles. The Bertz CT molecular complexity index is 1060. The fourth-order valence-electron chi connectivity index (χ4n) is 4.06. The van der Waals surface area contributed by atoms with E-state index >= 15 is 0 Å². The number of methoxy groups -OCH3 is 1. The first-order chi connectivity index (χ1) is 15.2. The Labute approximate surface area is 182 Å². The SMILES string of the molecule is CCOc1cc(CN2CCC(c3cc(=O)[nH]c(-c4ccncc4)n3)CC2)ccc1OC. The summed E-state index contributed by atoms with van der Waals surface area (Å²) in [5, 5.41) is 0. The zero-order chi connectivity index (χ0) is 21.6. The second kappa shape index (κ2) is 9.75. The number of rotatable bonds is 7. The molecule has 0 saturated carbocycles. The summed E-state index contributed by atoms with van der Waals surface area (Å²) in [6.45, 7) is 5.36. The predicted molar refractivity (Wildman–Crippen MR) is 120 cm³/mol. The maximum Gasteiger partial charge on any atom is 0.251 e. The summed E-state index contributed by atoms with van der Waals surface area (Å²) in [5.41, 5.74) is 2.84. The molecule has 2 aromatic heterocycles. The van der Waals surface area contributed by atoms with Gasteiger partial charge in [0.1, 0.15) is 5.82 Å². The normalized spacial score (nSPS) is 15.0. The van der Waals surface area contributed by atoms with Gasteiger partial charge in [-0.15, -0.1) is 0 Å². The van der Waals surface area contributed by atoms with Gasteiger partial charge in [-0.05, 0) is 62.7 Å². The van der Waals surface area contributed by atoms with Crippen molar-refractivity contribution in [3.63, 3.8) is 0 Å². The van der Waals surface area contributed by atoms with Gasteiger partial charge >= 0.3 is 0 Å². The van der Waals surface area contributed by atoms with Gasteiger partial charge in [-0.1, -0.05) is 6.07 Å². The maximum absolute atomic E-state index is 12.2. The quantitative estimate of drug-likeness (QED) is 0.629. The number of benzene rings is 1. The van der Waals surface area contributed by atoms with Crippen LogP contribution in [0, 0.1) is 0 Å². The third-order valence-electron chi connectivity index (χ3n) is 5.66. The highest BCUT2D eigenvalue weighted by Crippen LogP contribution is 2.31. The number of hydrogen-bond donors (Lipinski definition) is 1. The lowest BCUT2D eigenvalue weighted by molar-refractivity contribution is 0.203. The molecular formula is C24H28N4O3. The first kappa shape index (κ1) is 21.1. The Morgan fingerprint density at radius 2 is 1.87 bits per heavy atom. The molecule has 1 aliphatic rings. The molecule has 0 radical (unpaired) electrons. The van der Waals surface area contributed by atoms with Crippen molar-refractivity contribution in [3.05, 3.63) is 70.4 Å². The van der Waals surface area contributed by atoms with Crippen LogP contribution in [0.5, 0.6) is 11.5 Å². The number of aromatic nitrogens is 3. The second-order valence-electron chi connectivity index (χ2n) is 7.72. The van der Waals surface area contributed by atoms with E-state index in [1.54, 1.807) is 25.6 Å². The highest BCUT2D eigenvalue weighted by Gasteiger charge is 2.23. The molecule has 3 heterocycles. The summed E-state index contributed by atoms with van der Waals surface area (Å²) >= 11 is 0. The van der Waals surface area contributed by atoms with Crippen molar-refractivity contribution < 1.29 is 9.47 Å². The van der Waals surface area contributed by atoms with Crippen molar-refractivity contribution in [2.24, 2.45) is 0 Å². The van der Waals surface area contributed by atoms with Gasteiger partial charge in [0.05, 0.1) is 19.4 Å². The van der Waals surface area contributed by atoms with E-state index in [1.807, 2.05) is 25.1 Å². The molecule has 162 valence electrons. The first-order valence-electron chi connectivity index (χ1n) is 10.7. The molecule has 0 amide bonds. The number of aromatic amines is 1. The number of nitrogens with zero attached hydrogens (tertiary/aromatic N) is 3. The van der Waals surface area contributed by atoms with Crippen LogP contribution < -0.4 is 15.0 Å². The van der Waals surface area contributed by atoms with Gasteiger partial charge in [0.15, 0.2) is 11.5 Å². The Kier molecular flexibility index (Phi) is 6.62. The van der Waals surface area contributed by atoms with Crippen molar-refractivity contribution >= 4 is 0 Å². The summed E-state index contributed by atoms with van der Waals surface area (Å²) in [7, 11) is 1.66. The van der Waals surface area contributed by atoms with E-state index in [0.717, 1.165) is 55.2 Å². The van der Waals surface area contributed by atoms with E-state index in [4.69, 9.17) is 14.5 Å². The monoisotopic (exact) mass is 420 g/mol. The van der Waals surface area contributed by atoms with E-state index in [2.05, 4.69) is 27.0 Å². The molecule has 4 rings (SSSR count). The standard InChI is InChI=1S/C24H28N4O3/c1-3-31-22-14-17(4-5-21(22)30-2)16-28-12-8-18(9-13-28)20-15-23(29)27-24(26-20)19-6-10-25-11-7-19/h4-7,10-11,14-15,18H,3,8-9,12-13,16H2,1-2H3,(H,26,27,29). The Hall–Kier alpha value is -3.19. The number of H-pyrrole nitrogens is 1. The molecule has 1 saturated heterocycles. The summed E-state index contributed by atoms with van der Waals surface area (Å²) in [5.74, 6) is 2.44. The molecule has 31 heavy (non-hydrogen) atoms. The fourth-order valence-corrected chi connectivity index (χ4v) is 4.06. The van der Waals surface area contributed by atoms with E-state index in [1.165, 1.54) is 5.56 Å². The van der Waals surface area contributed by atoms with Crippen LogP contribution in [0.15, 0.2) is 53.6 Å². The summed E-state index contributed by atoms with van der Waals surface area (Å²) in [6.07, 6.45) is 5.36. The third kappa shape index (κ3) is 5.11. The van der Waals surface area contributed by atoms with Gasteiger partial charge < -0.3 is 14.5 Å². The van der Waals surface area contributed by atoms with Gasteiger partial charge in [-0.25, -0.2) is 4.98 Å². The van der Waals surface area contributed by atoms with Crippen LogP contribution in [0.2, 0.25) is 0 Å². The Morgan fingerprint density at radius 3 is 2.58 bits per heavy atom. The van der Waals surface area contributed by atoms with Crippen molar-refractivity contribution in [1.29, 1.82) is 0 Å². The van der Waals surface area contributed by atoms with E-state index in [0.29, 0.717) is 12.4 Å². The highest BCUT2D eigenvalue weighted by atomic mass is 16.5. The average molecular weight is 421 g/mol. The number of pyridine rings is 1. The lowest BCUT2D eigenvalue weighted by Crippen LogP contribution is -2.33. The van der Waals surface area contributed by atoms with Crippen LogP contribution in [0.3, 0.4) is 0 Å². The molecule has 0 spiro atoms. The van der Waals surface area contributed by atoms with Crippen LogP contribution in [0.4, 0.5) is 0 Å². The van der Waals surface area contributed by atoms with Gasteiger partial charge in [-0.2, -0.15) is 0 Å². The lowest BCUT2D eigenvalue weighted by Gasteiger charge is -2.31. The molecule has 3 aromatic rings. The van der Waals surface area contributed by atoms with Crippen molar-refractivity contribution in [1.82, 2.24) is 19.9 Å². The van der Waals surface area contributed by atoms with Crippen LogP contribution in [-0.2, 0) is 6.54 Å². The Morgan fingerprint density at radius 1 is 1.10 bits per heavy atom. The smallest absolute Gasteiger partial charge is 0.251 e. The minimum absolute atomic E-state index is 0.110. The van der Waals surface area contributed by atoms with Gasteiger partial charge in [-0.3, -0.25) is 14.7 Å². The number of nitrogens with one attached hydrogen (secondary N) is 1. The number of ether oxygens (including phenoxy) is 2. The van der Waals surface area contributed by atoms with Gasteiger partial charge in [0, 0.05) is 36.5 Å². The summed E-state index contributed by atoms with van der Waals surface area (Å²) in [4.78, 5) is 26.3. The van der Waals surface area contributed by atoms with Gasteiger partial charge in [0.25, 0.3) is 5.56 Å². The zero-order valence-corrected chi connectivity index (χ0v) is 18.0. The molecule has 0 bridgehead atoms. The molecular weight excluding hydrogens is 392 g/mol. The average Bonchev–Trinajstić information content (AvgIpc) is 2.80. The first-order valence-corrected chi connectivity index (χ1v) is 10.7. The summed E-state index contributed by atoms with van der Waals surface area (Å²) < 4.78 is 11.1. The lowest BCUT2D eigenvalue weighted by atomic mass is 9.93. The fraction of sp³-hybridized carbons (Fsp3) is 0.375. The highest BCUT2D eigenvalue weighted by molar-refractivity contribution is 5.53. The second-order valence-corrected chi connectivity index (χ2v) is 7.72. The van der Waals surface area contributed by atoms with Crippen LogP contribution in [0.1, 0.15) is 36.9 Å². The van der Waals surface area contributed by atoms with Crippen LogP contribution in [0.25, 0.3) is 11.4 Å². The Balaban J connectivity index is 1.42. The van der Waals surface area contributed by atoms with E-state index < -0.39 is 0 Å². The zero-order valence-electron chi connectivity index (χ0n) is 18.0. The van der Waals surface area contributed by atoms with E-state index in [-0.39, 0.29) is 11.5 Å². The van der Waals surface area contributed by atoms with E-state index in [9.17, 15) is 4.79 Å². The topological polar surface area (TPSA) is 80.3 Å². The minimum atomic E-state index is -0.110. The predicted octanol–water partition coefficient (Wildman–Crippen LogP) is 3.62. The third-order valence-corrected chi connectivity index (χ3v) is 5.66. The number of piperidine rings is 1. The molecule has 0 unspecified atom stereocenters. The molecule has 1 N–H and O–H groups in total. The molecule has 0 atom stereocenters. The largest absolute Gasteiger partial charge is 0.493 e. The maximum atomic E-state index is 12.2. The number of likely N-dealkylation sites (tertiary alicyclic amines) is 1. The summed E-state index contributed by atoms with van der Waals surface area (Å²) in [6, 6.07) is 11.5. The van der Waals surface area contributed by atoms with Crippen LogP contribution in [-0.4, -0.2) is 46.7 Å². The number of hydrogen-bond acceptors (Lipinski definition) is 6. The molecule has 1 aromatic carbocycles. The van der Waals surface area contributed by atoms with Crippen molar-refractivity contribution in [2.45, 2.75) is 32.2 Å².